The first kappa shape index (κ1) is 17.1. The molecule has 0 amide bonds. The maximum Gasteiger partial charge on any atom is 0.338 e. The first-order chi connectivity index (χ1) is 11.0. The summed E-state index contributed by atoms with van der Waals surface area (Å²) in [6.07, 6.45) is 1.32. The quantitative estimate of drug-likeness (QED) is 0.620. The molecule has 2 aromatic rings. The van der Waals surface area contributed by atoms with Crippen LogP contribution in [0.2, 0.25) is 0 Å². The molecule has 0 spiro atoms. The van der Waals surface area contributed by atoms with E-state index in [0.29, 0.717) is 11.4 Å². The summed E-state index contributed by atoms with van der Waals surface area (Å²) in [7, 11) is 0. The minimum atomic E-state index is -1.01. The van der Waals surface area contributed by atoms with Crippen LogP contribution in [-0.4, -0.2) is 28.1 Å². The average molecular weight is 340 g/mol. The van der Waals surface area contributed by atoms with Gasteiger partial charge in [-0.05, 0) is 38.8 Å². The molecule has 0 aliphatic rings. The third kappa shape index (κ3) is 4.62. The van der Waals surface area contributed by atoms with Gasteiger partial charge < -0.3 is 14.2 Å². The minimum absolute atomic E-state index is 0.0243. The smallest absolute Gasteiger partial charge is 0.338 e. The van der Waals surface area contributed by atoms with Crippen LogP contribution in [0.25, 0.3) is 0 Å². The number of carbonyl (C=O) groups is 1. The van der Waals surface area contributed by atoms with E-state index < -0.39 is 12.8 Å². The molecule has 0 atom stereocenters. The molecule has 8 heteroatoms. The van der Waals surface area contributed by atoms with Gasteiger partial charge in [-0.1, -0.05) is 6.07 Å². The number of benzene rings is 1. The second-order valence-corrected chi connectivity index (χ2v) is 5.26. The second-order valence-electron chi connectivity index (χ2n) is 4.85. The van der Waals surface area contributed by atoms with Crippen molar-refractivity contribution in [3.63, 3.8) is 0 Å². The number of alkyl halides is 1. The number of rotatable bonds is 7. The van der Waals surface area contributed by atoms with Crippen LogP contribution in [0.4, 0.5) is 4.39 Å². The maximum absolute atomic E-state index is 12.6. The van der Waals surface area contributed by atoms with Crippen molar-refractivity contribution in [2.45, 2.75) is 26.6 Å². The molecular formula is C15H17FN2O4S. The Morgan fingerprint density at radius 3 is 2.74 bits per heavy atom. The van der Waals surface area contributed by atoms with Gasteiger partial charge in [-0.15, -0.1) is 5.10 Å². The van der Waals surface area contributed by atoms with Crippen LogP contribution in [0.1, 0.15) is 29.8 Å². The lowest BCUT2D eigenvalue weighted by atomic mass is 10.1. The number of hydrogen-bond donors (Lipinski definition) is 1. The summed E-state index contributed by atoms with van der Waals surface area (Å²) in [5.41, 5.74) is 0.652. The molecule has 0 aliphatic heterocycles. The molecule has 1 aromatic heterocycles. The van der Waals surface area contributed by atoms with Crippen LogP contribution >= 0.6 is 12.8 Å². The van der Waals surface area contributed by atoms with Gasteiger partial charge >= 0.3 is 5.97 Å². The first-order valence-corrected chi connectivity index (χ1v) is 7.30. The third-order valence-electron chi connectivity index (χ3n) is 2.82. The van der Waals surface area contributed by atoms with Gasteiger partial charge in [0.1, 0.15) is 12.4 Å². The molecule has 23 heavy (non-hydrogen) atoms. The predicted molar refractivity (Wildman–Crippen MR) is 84.5 cm³/mol. The Morgan fingerprint density at radius 2 is 2.13 bits per heavy atom. The third-order valence-corrected chi connectivity index (χ3v) is 3.04. The molecule has 0 aliphatic carbocycles. The van der Waals surface area contributed by atoms with E-state index >= 15 is 0 Å². The normalized spacial score (nSPS) is 10.7. The van der Waals surface area contributed by atoms with Gasteiger partial charge in [-0.2, -0.15) is 0 Å². The zero-order valence-corrected chi connectivity index (χ0v) is 13.6. The monoisotopic (exact) mass is 340 g/mol. The van der Waals surface area contributed by atoms with E-state index in [4.69, 9.17) is 14.2 Å². The van der Waals surface area contributed by atoms with Gasteiger partial charge in [0, 0.05) is 17.8 Å². The largest absolute Gasteiger partial charge is 0.472 e. The van der Waals surface area contributed by atoms with Gasteiger partial charge in [-0.3, -0.25) is 0 Å². The predicted octanol–water partition coefficient (Wildman–Crippen LogP) is 3.03. The Bertz CT molecular complexity index is 675. The molecule has 0 N–H and O–H groups in total. The standard InChI is InChI=1S/C15H17FN2O4S/c1-10(2)22-15(19)11-4-3-5-13(21-9-16)12(11)8-20-14-6-7-18(23)17-14/h3-7,10,23H,8-9H2,1-2H3. The number of thiol groups is 1. The number of carbonyl (C=O) groups excluding carboxylic acids is 1. The summed E-state index contributed by atoms with van der Waals surface area (Å²) >= 11 is 4.01. The van der Waals surface area contributed by atoms with E-state index in [1.54, 1.807) is 44.3 Å². The van der Waals surface area contributed by atoms with E-state index in [0.717, 1.165) is 0 Å². The summed E-state index contributed by atoms with van der Waals surface area (Å²) in [5, 5.41) is 3.95. The highest BCUT2D eigenvalue weighted by atomic mass is 32.1. The van der Waals surface area contributed by atoms with Crippen molar-refractivity contribution >= 4 is 18.8 Å². The van der Waals surface area contributed by atoms with Gasteiger partial charge in [0.15, 0.2) is 0 Å². The highest BCUT2D eigenvalue weighted by molar-refractivity contribution is 7.78. The van der Waals surface area contributed by atoms with Crippen molar-refractivity contribution in [1.29, 1.82) is 0 Å². The summed E-state index contributed by atoms with van der Waals surface area (Å²) in [4.78, 5) is 12.2. The maximum atomic E-state index is 12.6. The number of hydrogen-bond acceptors (Lipinski definition) is 6. The lowest BCUT2D eigenvalue weighted by Crippen LogP contribution is -2.15. The molecule has 2 rings (SSSR count). The number of esters is 1. The van der Waals surface area contributed by atoms with E-state index in [1.807, 2.05) is 0 Å². The van der Waals surface area contributed by atoms with Crippen LogP contribution in [0.3, 0.4) is 0 Å². The van der Waals surface area contributed by atoms with E-state index in [-0.39, 0.29) is 24.0 Å². The summed E-state index contributed by atoms with van der Waals surface area (Å²) in [6.45, 7) is 2.45. The highest BCUT2D eigenvalue weighted by Crippen LogP contribution is 2.25. The molecule has 0 bridgehead atoms. The molecule has 0 saturated heterocycles. The van der Waals surface area contributed by atoms with Crippen LogP contribution in [-0.2, 0) is 11.3 Å². The molecule has 0 fully saturated rings. The van der Waals surface area contributed by atoms with Crippen molar-refractivity contribution in [1.82, 2.24) is 9.19 Å². The zero-order chi connectivity index (χ0) is 16.8. The van der Waals surface area contributed by atoms with Crippen molar-refractivity contribution in [3.05, 3.63) is 41.6 Å². The molecule has 124 valence electrons. The minimum Gasteiger partial charge on any atom is -0.472 e. The molecule has 0 unspecified atom stereocenters. The Kier molecular flexibility index (Phi) is 5.86. The molecule has 1 heterocycles. The highest BCUT2D eigenvalue weighted by Gasteiger charge is 2.19. The van der Waals surface area contributed by atoms with Gasteiger partial charge in [0.05, 0.1) is 11.7 Å². The fraction of sp³-hybridized carbons (Fsp3) is 0.333. The fourth-order valence-corrected chi connectivity index (χ4v) is 2.05. The van der Waals surface area contributed by atoms with Gasteiger partial charge in [0.25, 0.3) is 0 Å². The van der Waals surface area contributed by atoms with Crippen LogP contribution < -0.4 is 9.47 Å². The lowest BCUT2D eigenvalue weighted by Gasteiger charge is -2.15. The Hall–Kier alpha value is -2.22. The number of halogens is 1. The van der Waals surface area contributed by atoms with Gasteiger partial charge in [-0.25, -0.2) is 13.3 Å². The molecule has 6 nitrogen and oxygen atoms in total. The topological polar surface area (TPSA) is 62.6 Å². The Balaban J connectivity index is 2.26. The number of aromatic nitrogens is 2. The number of ether oxygens (including phenoxy) is 3. The average Bonchev–Trinajstić information content (AvgIpc) is 2.91. The lowest BCUT2D eigenvalue weighted by molar-refractivity contribution is 0.0373. The first-order valence-electron chi connectivity index (χ1n) is 6.90. The molecule has 0 radical (unpaired) electrons. The molecule has 0 saturated carbocycles. The van der Waals surface area contributed by atoms with Crippen LogP contribution in [0.5, 0.6) is 11.6 Å². The van der Waals surface area contributed by atoms with E-state index in [2.05, 4.69) is 17.9 Å². The molecular weight excluding hydrogens is 323 g/mol. The Labute approximate surface area is 138 Å². The van der Waals surface area contributed by atoms with Gasteiger partial charge in [0.2, 0.25) is 12.7 Å². The SMILES string of the molecule is CC(C)OC(=O)c1cccc(OCF)c1COc1ccn(S)n1. The van der Waals surface area contributed by atoms with Crippen LogP contribution in [0.15, 0.2) is 30.5 Å². The molecule has 1 aromatic carbocycles. The number of nitrogens with zero attached hydrogens (tertiary/aromatic N) is 2. The van der Waals surface area contributed by atoms with Crippen molar-refractivity contribution in [2.75, 3.05) is 6.86 Å². The summed E-state index contributed by atoms with van der Waals surface area (Å²) in [6, 6.07) is 6.33. The van der Waals surface area contributed by atoms with E-state index in [1.165, 1.54) is 4.09 Å². The second kappa shape index (κ2) is 7.87. The van der Waals surface area contributed by atoms with Crippen molar-refractivity contribution in [3.8, 4) is 11.6 Å². The fourth-order valence-electron chi connectivity index (χ4n) is 1.90. The Morgan fingerprint density at radius 1 is 1.35 bits per heavy atom. The zero-order valence-electron chi connectivity index (χ0n) is 12.7. The summed E-state index contributed by atoms with van der Waals surface area (Å²) < 4.78 is 29.5. The van der Waals surface area contributed by atoms with E-state index in [9.17, 15) is 9.18 Å². The van der Waals surface area contributed by atoms with Crippen molar-refractivity contribution < 1.29 is 23.4 Å². The van der Waals surface area contributed by atoms with Crippen molar-refractivity contribution in [2.24, 2.45) is 0 Å². The van der Waals surface area contributed by atoms with Crippen LogP contribution in [0, 0.1) is 0 Å². The summed E-state index contributed by atoms with van der Waals surface area (Å²) in [5.74, 6) is 0.0110.